The Morgan fingerprint density at radius 1 is 1.25 bits per heavy atom. The van der Waals surface area contributed by atoms with Gasteiger partial charge in [0.25, 0.3) is 0 Å². The van der Waals surface area contributed by atoms with E-state index in [1.54, 1.807) is 12.1 Å². The second kappa shape index (κ2) is 5.40. The van der Waals surface area contributed by atoms with Crippen LogP contribution >= 0.6 is 11.8 Å². The van der Waals surface area contributed by atoms with Crippen molar-refractivity contribution in [2.24, 2.45) is 0 Å². The number of halogens is 3. The highest BCUT2D eigenvalue weighted by atomic mass is 32.2. The fourth-order valence-electron chi connectivity index (χ4n) is 2.01. The van der Waals surface area contributed by atoms with E-state index in [1.807, 2.05) is 18.4 Å². The Bertz CT molecular complexity index is 603. The number of nitrogens with zero attached hydrogens (tertiary/aromatic N) is 2. The largest absolute Gasteiger partial charge is 0.446 e. The molecule has 2 rings (SSSR count). The van der Waals surface area contributed by atoms with Gasteiger partial charge in [-0.1, -0.05) is 12.1 Å². The minimum Gasteiger partial charge on any atom is -0.383 e. The van der Waals surface area contributed by atoms with Gasteiger partial charge < -0.3 is 10.3 Å². The fourth-order valence-corrected chi connectivity index (χ4v) is 2.55. The Labute approximate surface area is 119 Å². The van der Waals surface area contributed by atoms with Crippen molar-refractivity contribution in [2.75, 3.05) is 5.73 Å². The predicted molar refractivity (Wildman–Crippen MR) is 74.4 cm³/mol. The third-order valence-electron chi connectivity index (χ3n) is 2.88. The number of hydrogen-bond acceptors (Lipinski definition) is 3. The van der Waals surface area contributed by atoms with Gasteiger partial charge in [0.2, 0.25) is 0 Å². The molecule has 0 unspecified atom stereocenters. The number of nitrogens with two attached hydrogens (primary N) is 1. The van der Waals surface area contributed by atoms with Crippen LogP contribution in [0.25, 0.3) is 11.3 Å². The summed E-state index contributed by atoms with van der Waals surface area (Å²) in [6.07, 6.45) is 0. The number of aromatic nitrogens is 2. The summed E-state index contributed by atoms with van der Waals surface area (Å²) < 4.78 is 38.6. The lowest BCUT2D eigenvalue weighted by Crippen LogP contribution is -2.02. The zero-order valence-corrected chi connectivity index (χ0v) is 11.8. The zero-order chi connectivity index (χ0) is 14.9. The standard InChI is InChI=1S/C13H14F3N3S/c1-3-19-8(2)18-11(12(19)17)9-4-6-10(7-5-9)20-13(14,15)16/h4-7H,3,17H2,1-2H3. The van der Waals surface area contributed by atoms with Gasteiger partial charge in [-0.2, -0.15) is 13.2 Å². The fraction of sp³-hybridized carbons (Fsp3) is 0.308. The van der Waals surface area contributed by atoms with Crippen LogP contribution in [0.4, 0.5) is 19.0 Å². The Balaban J connectivity index is 2.31. The van der Waals surface area contributed by atoms with Gasteiger partial charge in [0, 0.05) is 17.0 Å². The number of benzene rings is 1. The smallest absolute Gasteiger partial charge is 0.383 e. The Morgan fingerprint density at radius 3 is 2.30 bits per heavy atom. The first-order chi connectivity index (χ1) is 9.31. The maximum absolute atomic E-state index is 12.3. The van der Waals surface area contributed by atoms with E-state index in [0.29, 0.717) is 23.6 Å². The normalized spacial score (nSPS) is 11.8. The van der Waals surface area contributed by atoms with Gasteiger partial charge in [-0.25, -0.2) is 4.98 Å². The minimum absolute atomic E-state index is 0.135. The van der Waals surface area contributed by atoms with E-state index in [-0.39, 0.29) is 16.7 Å². The number of imidazole rings is 1. The molecule has 0 atom stereocenters. The molecule has 0 spiro atoms. The molecular weight excluding hydrogens is 287 g/mol. The monoisotopic (exact) mass is 301 g/mol. The number of thioether (sulfide) groups is 1. The van der Waals surface area contributed by atoms with Crippen molar-refractivity contribution in [3.63, 3.8) is 0 Å². The summed E-state index contributed by atoms with van der Waals surface area (Å²) in [7, 11) is 0. The van der Waals surface area contributed by atoms with Crippen LogP contribution in [0.1, 0.15) is 12.7 Å². The van der Waals surface area contributed by atoms with Gasteiger partial charge in [0.15, 0.2) is 0 Å². The lowest BCUT2D eigenvalue weighted by molar-refractivity contribution is -0.0328. The first-order valence-corrected chi connectivity index (χ1v) is 6.82. The highest BCUT2D eigenvalue weighted by Gasteiger charge is 2.29. The van der Waals surface area contributed by atoms with Crippen molar-refractivity contribution in [2.45, 2.75) is 30.8 Å². The zero-order valence-electron chi connectivity index (χ0n) is 11.0. The Kier molecular flexibility index (Phi) is 3.99. The molecule has 7 heteroatoms. The van der Waals surface area contributed by atoms with Crippen molar-refractivity contribution in [1.82, 2.24) is 9.55 Å². The Hall–Kier alpha value is -1.63. The molecule has 0 aliphatic carbocycles. The molecular formula is C13H14F3N3S. The van der Waals surface area contributed by atoms with Gasteiger partial charge in [-0.05, 0) is 37.7 Å². The van der Waals surface area contributed by atoms with E-state index in [1.165, 1.54) is 12.1 Å². The van der Waals surface area contributed by atoms with Crippen LogP contribution in [0.3, 0.4) is 0 Å². The number of hydrogen-bond donors (Lipinski definition) is 1. The number of nitrogen functional groups attached to an aromatic ring is 1. The average Bonchev–Trinajstić information content (AvgIpc) is 2.63. The molecule has 0 bridgehead atoms. The molecule has 1 heterocycles. The molecule has 108 valence electrons. The van der Waals surface area contributed by atoms with Crippen molar-refractivity contribution in [3.05, 3.63) is 30.1 Å². The van der Waals surface area contributed by atoms with Crippen LogP contribution in [-0.4, -0.2) is 15.1 Å². The van der Waals surface area contributed by atoms with E-state index in [4.69, 9.17) is 5.73 Å². The number of rotatable bonds is 3. The van der Waals surface area contributed by atoms with Crippen LogP contribution in [0, 0.1) is 6.92 Å². The lowest BCUT2D eigenvalue weighted by Gasteiger charge is -2.06. The molecule has 20 heavy (non-hydrogen) atoms. The number of alkyl halides is 3. The van der Waals surface area contributed by atoms with Gasteiger partial charge in [-0.15, -0.1) is 0 Å². The van der Waals surface area contributed by atoms with E-state index in [9.17, 15) is 13.2 Å². The molecule has 0 saturated heterocycles. The topological polar surface area (TPSA) is 43.8 Å². The van der Waals surface area contributed by atoms with Crippen LogP contribution in [0.5, 0.6) is 0 Å². The number of anilines is 1. The second-order valence-corrected chi connectivity index (χ2v) is 5.35. The molecule has 0 radical (unpaired) electrons. The molecule has 1 aromatic heterocycles. The van der Waals surface area contributed by atoms with Crippen molar-refractivity contribution < 1.29 is 13.2 Å². The molecule has 0 aliphatic heterocycles. The highest BCUT2D eigenvalue weighted by molar-refractivity contribution is 8.00. The Morgan fingerprint density at radius 2 is 1.85 bits per heavy atom. The second-order valence-electron chi connectivity index (χ2n) is 4.21. The maximum atomic E-state index is 12.3. The van der Waals surface area contributed by atoms with Gasteiger partial charge in [0.1, 0.15) is 17.3 Å². The molecule has 0 saturated carbocycles. The predicted octanol–water partition coefficient (Wildman–Crippen LogP) is 4.07. The quantitative estimate of drug-likeness (QED) is 0.869. The van der Waals surface area contributed by atoms with E-state index >= 15 is 0 Å². The third kappa shape index (κ3) is 3.09. The summed E-state index contributed by atoms with van der Waals surface area (Å²) >= 11 is -0.135. The first kappa shape index (κ1) is 14.8. The molecule has 2 N–H and O–H groups in total. The molecule has 3 nitrogen and oxygen atoms in total. The van der Waals surface area contributed by atoms with Gasteiger partial charge in [0.05, 0.1) is 0 Å². The first-order valence-electron chi connectivity index (χ1n) is 6.00. The minimum atomic E-state index is -4.28. The average molecular weight is 301 g/mol. The molecule has 2 aromatic rings. The van der Waals surface area contributed by atoms with E-state index < -0.39 is 5.51 Å². The van der Waals surface area contributed by atoms with Crippen molar-refractivity contribution >= 4 is 17.6 Å². The van der Waals surface area contributed by atoms with Gasteiger partial charge >= 0.3 is 5.51 Å². The van der Waals surface area contributed by atoms with Crippen molar-refractivity contribution in [1.29, 1.82) is 0 Å². The lowest BCUT2D eigenvalue weighted by atomic mass is 10.1. The van der Waals surface area contributed by atoms with Gasteiger partial charge in [-0.3, -0.25) is 0 Å². The summed E-state index contributed by atoms with van der Waals surface area (Å²) in [6.45, 7) is 4.50. The maximum Gasteiger partial charge on any atom is 0.446 e. The highest BCUT2D eigenvalue weighted by Crippen LogP contribution is 2.37. The molecule has 0 aliphatic rings. The molecule has 0 fully saturated rings. The summed E-state index contributed by atoms with van der Waals surface area (Å²) in [5.74, 6) is 1.31. The molecule has 1 aromatic carbocycles. The van der Waals surface area contributed by atoms with Crippen LogP contribution < -0.4 is 5.73 Å². The summed E-state index contributed by atoms with van der Waals surface area (Å²) in [5, 5.41) is 0. The number of aryl methyl sites for hydroxylation is 1. The van der Waals surface area contributed by atoms with Crippen LogP contribution in [-0.2, 0) is 6.54 Å². The SMILES string of the molecule is CCn1c(C)nc(-c2ccc(SC(F)(F)F)cc2)c1N. The van der Waals surface area contributed by atoms with E-state index in [2.05, 4.69) is 4.98 Å². The summed E-state index contributed by atoms with van der Waals surface area (Å²) in [6, 6.07) is 6.05. The molecule has 0 amide bonds. The summed E-state index contributed by atoms with van der Waals surface area (Å²) in [4.78, 5) is 4.51. The van der Waals surface area contributed by atoms with Crippen molar-refractivity contribution in [3.8, 4) is 11.3 Å². The van der Waals surface area contributed by atoms with E-state index in [0.717, 1.165) is 5.82 Å². The van der Waals surface area contributed by atoms with Crippen LogP contribution in [0.2, 0.25) is 0 Å². The van der Waals surface area contributed by atoms with Crippen LogP contribution in [0.15, 0.2) is 29.2 Å². The summed E-state index contributed by atoms with van der Waals surface area (Å²) in [5.41, 5.74) is 3.04. The third-order valence-corrected chi connectivity index (χ3v) is 3.61.